The zero-order valence-corrected chi connectivity index (χ0v) is 9.27. The molecule has 0 aromatic carbocycles. The average molecular weight is 219 g/mol. The first-order valence-corrected chi connectivity index (χ1v) is 5.64. The molecule has 2 rings (SSSR count). The van der Waals surface area contributed by atoms with Gasteiger partial charge in [0, 0.05) is 45.0 Å². The number of piperidine rings is 1. The minimum atomic E-state index is -2.42. The van der Waals surface area contributed by atoms with Crippen molar-refractivity contribution in [2.24, 2.45) is 5.41 Å². The highest BCUT2D eigenvalue weighted by Gasteiger charge is 2.45. The van der Waals surface area contributed by atoms with Crippen LogP contribution in [-0.4, -0.2) is 44.2 Å². The Morgan fingerprint density at radius 1 is 1.13 bits per heavy atom. The summed E-state index contributed by atoms with van der Waals surface area (Å²) in [5.74, 6) is -2.42. The van der Waals surface area contributed by atoms with Crippen molar-refractivity contribution in [3.05, 3.63) is 0 Å². The summed E-state index contributed by atoms with van der Waals surface area (Å²) >= 11 is 0. The quantitative estimate of drug-likeness (QED) is 0.718. The number of hydrogen-bond acceptors (Lipinski definition) is 2. The van der Waals surface area contributed by atoms with Crippen LogP contribution in [0.15, 0.2) is 0 Å². The summed E-state index contributed by atoms with van der Waals surface area (Å²) in [7, 11) is 1.71. The minimum Gasteiger partial charge on any atom is -0.384 e. The Labute approximate surface area is 89.6 Å². The molecule has 2 nitrogen and oxygen atoms in total. The minimum absolute atomic E-state index is 0.0239. The topological polar surface area (TPSA) is 12.5 Å². The van der Waals surface area contributed by atoms with Crippen molar-refractivity contribution >= 4 is 0 Å². The highest BCUT2D eigenvalue weighted by molar-refractivity contribution is 4.96. The molecule has 0 radical (unpaired) electrons. The van der Waals surface area contributed by atoms with Crippen molar-refractivity contribution < 1.29 is 13.5 Å². The number of methoxy groups -OCH3 is 1. The van der Waals surface area contributed by atoms with Gasteiger partial charge in [0.15, 0.2) is 0 Å². The molecule has 0 atom stereocenters. The second kappa shape index (κ2) is 3.98. The maximum absolute atomic E-state index is 12.9. The lowest BCUT2D eigenvalue weighted by molar-refractivity contribution is -0.0599. The molecule has 0 aromatic heterocycles. The standard InChI is InChI=1S/C11H19F2NO/c1-15-9-10(2-3-10)8-14-6-4-11(12,13)5-7-14/h2-9H2,1H3. The summed E-state index contributed by atoms with van der Waals surface area (Å²) in [6.07, 6.45) is 2.42. The molecular weight excluding hydrogens is 200 g/mol. The molecule has 0 bridgehead atoms. The number of halogens is 2. The number of nitrogens with zero attached hydrogens (tertiary/aromatic N) is 1. The lowest BCUT2D eigenvalue weighted by Gasteiger charge is -2.34. The Balaban J connectivity index is 1.77. The molecule has 1 aliphatic heterocycles. The highest BCUT2D eigenvalue weighted by Crippen LogP contribution is 2.47. The van der Waals surface area contributed by atoms with Crippen molar-refractivity contribution in [3.8, 4) is 0 Å². The van der Waals surface area contributed by atoms with Crippen LogP contribution in [0.1, 0.15) is 25.7 Å². The van der Waals surface area contributed by atoms with E-state index < -0.39 is 5.92 Å². The van der Waals surface area contributed by atoms with Gasteiger partial charge in [-0.25, -0.2) is 8.78 Å². The molecule has 15 heavy (non-hydrogen) atoms. The van der Waals surface area contributed by atoms with Crippen molar-refractivity contribution in [1.29, 1.82) is 0 Å². The predicted octanol–water partition coefficient (Wildman–Crippen LogP) is 2.14. The van der Waals surface area contributed by atoms with E-state index in [1.165, 1.54) is 12.8 Å². The zero-order chi connectivity index (χ0) is 10.9. The van der Waals surface area contributed by atoms with Crippen LogP contribution in [0, 0.1) is 5.41 Å². The fourth-order valence-electron chi connectivity index (χ4n) is 2.34. The fraction of sp³-hybridized carbons (Fsp3) is 1.00. The van der Waals surface area contributed by atoms with Gasteiger partial charge in [0.05, 0.1) is 6.61 Å². The number of rotatable bonds is 4. The summed E-state index contributed by atoms with van der Waals surface area (Å²) < 4.78 is 31.0. The van der Waals surface area contributed by atoms with Crippen LogP contribution in [0.25, 0.3) is 0 Å². The van der Waals surface area contributed by atoms with E-state index in [1.807, 2.05) is 0 Å². The molecule has 0 amide bonds. The first kappa shape index (κ1) is 11.3. The van der Waals surface area contributed by atoms with Gasteiger partial charge in [-0.3, -0.25) is 0 Å². The zero-order valence-electron chi connectivity index (χ0n) is 9.27. The average Bonchev–Trinajstić information content (AvgIpc) is 2.90. The summed E-state index contributed by atoms with van der Waals surface area (Å²) in [6.45, 7) is 2.80. The Hall–Kier alpha value is -0.220. The third-order valence-electron chi connectivity index (χ3n) is 3.55. The molecular formula is C11H19F2NO. The van der Waals surface area contributed by atoms with E-state index in [0.29, 0.717) is 18.5 Å². The van der Waals surface area contributed by atoms with E-state index in [-0.39, 0.29) is 12.8 Å². The van der Waals surface area contributed by atoms with Gasteiger partial charge in [-0.1, -0.05) is 0 Å². The second-order valence-corrected chi connectivity index (χ2v) is 5.07. The first-order valence-electron chi connectivity index (χ1n) is 5.64. The van der Waals surface area contributed by atoms with Crippen LogP contribution in [0.3, 0.4) is 0 Å². The molecule has 1 saturated heterocycles. The smallest absolute Gasteiger partial charge is 0.250 e. The fourth-order valence-corrected chi connectivity index (χ4v) is 2.34. The van der Waals surface area contributed by atoms with E-state index in [0.717, 1.165) is 13.2 Å². The normalized spacial score (nSPS) is 29.0. The van der Waals surface area contributed by atoms with Crippen molar-refractivity contribution in [2.45, 2.75) is 31.6 Å². The van der Waals surface area contributed by atoms with Crippen LogP contribution in [0.5, 0.6) is 0 Å². The van der Waals surface area contributed by atoms with Gasteiger partial charge >= 0.3 is 0 Å². The maximum Gasteiger partial charge on any atom is 0.250 e. The molecule has 1 heterocycles. The molecule has 1 saturated carbocycles. The monoisotopic (exact) mass is 219 g/mol. The number of ether oxygens (including phenoxy) is 1. The van der Waals surface area contributed by atoms with Gasteiger partial charge in [-0.05, 0) is 12.8 Å². The van der Waals surface area contributed by atoms with Crippen LogP contribution in [0.4, 0.5) is 8.78 Å². The molecule has 0 aromatic rings. The van der Waals surface area contributed by atoms with Crippen LogP contribution in [0.2, 0.25) is 0 Å². The molecule has 4 heteroatoms. The van der Waals surface area contributed by atoms with Crippen LogP contribution in [-0.2, 0) is 4.74 Å². The lowest BCUT2D eigenvalue weighted by atomic mass is 10.0. The molecule has 0 spiro atoms. The van der Waals surface area contributed by atoms with Crippen LogP contribution >= 0.6 is 0 Å². The lowest BCUT2D eigenvalue weighted by Crippen LogP contribution is -2.42. The number of alkyl halides is 2. The molecule has 1 aliphatic carbocycles. The van der Waals surface area contributed by atoms with E-state index in [2.05, 4.69) is 4.90 Å². The number of hydrogen-bond donors (Lipinski definition) is 0. The molecule has 2 aliphatic rings. The summed E-state index contributed by atoms with van der Waals surface area (Å²) in [6, 6.07) is 0. The highest BCUT2D eigenvalue weighted by atomic mass is 19.3. The van der Waals surface area contributed by atoms with Gasteiger partial charge in [-0.15, -0.1) is 0 Å². The Morgan fingerprint density at radius 3 is 2.20 bits per heavy atom. The Kier molecular flexibility index (Phi) is 2.99. The van der Waals surface area contributed by atoms with Gasteiger partial charge in [0.2, 0.25) is 0 Å². The van der Waals surface area contributed by atoms with Gasteiger partial charge < -0.3 is 9.64 Å². The Bertz CT molecular complexity index is 219. The molecule has 0 unspecified atom stereocenters. The summed E-state index contributed by atoms with van der Waals surface area (Å²) in [5, 5.41) is 0. The largest absolute Gasteiger partial charge is 0.384 e. The van der Waals surface area contributed by atoms with E-state index >= 15 is 0 Å². The third-order valence-corrected chi connectivity index (χ3v) is 3.55. The van der Waals surface area contributed by atoms with Crippen molar-refractivity contribution in [3.63, 3.8) is 0 Å². The van der Waals surface area contributed by atoms with Gasteiger partial charge in [0.1, 0.15) is 0 Å². The first-order chi connectivity index (χ1) is 7.05. The van der Waals surface area contributed by atoms with Gasteiger partial charge in [0.25, 0.3) is 5.92 Å². The Morgan fingerprint density at radius 2 is 1.73 bits per heavy atom. The molecule has 2 fully saturated rings. The van der Waals surface area contributed by atoms with Crippen LogP contribution < -0.4 is 0 Å². The van der Waals surface area contributed by atoms with E-state index in [1.54, 1.807) is 7.11 Å². The third kappa shape index (κ3) is 2.88. The second-order valence-electron chi connectivity index (χ2n) is 5.07. The molecule has 0 N–H and O–H groups in total. The van der Waals surface area contributed by atoms with Crippen molar-refractivity contribution in [2.75, 3.05) is 33.4 Å². The summed E-state index contributed by atoms with van der Waals surface area (Å²) in [4.78, 5) is 2.17. The van der Waals surface area contributed by atoms with E-state index in [4.69, 9.17) is 4.74 Å². The van der Waals surface area contributed by atoms with Gasteiger partial charge in [-0.2, -0.15) is 0 Å². The summed E-state index contributed by atoms with van der Waals surface area (Å²) in [5.41, 5.74) is 0.293. The van der Waals surface area contributed by atoms with E-state index in [9.17, 15) is 8.78 Å². The SMILES string of the molecule is COCC1(CN2CCC(F)(F)CC2)CC1. The molecule has 88 valence electrons. The maximum atomic E-state index is 12.9. The number of likely N-dealkylation sites (tertiary alicyclic amines) is 1. The van der Waals surface area contributed by atoms with Crippen molar-refractivity contribution in [1.82, 2.24) is 4.90 Å². The predicted molar refractivity (Wildman–Crippen MR) is 54.2 cm³/mol.